The van der Waals surface area contributed by atoms with Crippen molar-refractivity contribution in [2.45, 2.75) is 13.0 Å². The molecule has 1 atom stereocenters. The van der Waals surface area contributed by atoms with Crippen LogP contribution in [0.4, 0.5) is 0 Å². The number of nitrogens with zero attached hydrogens (tertiary/aromatic N) is 3. The highest BCUT2D eigenvalue weighted by molar-refractivity contribution is 7.14. The molecule has 1 aromatic carbocycles. The van der Waals surface area contributed by atoms with Gasteiger partial charge in [0.2, 0.25) is 0 Å². The summed E-state index contributed by atoms with van der Waals surface area (Å²) in [4.78, 5) is 4.46. The fourth-order valence-corrected chi connectivity index (χ4v) is 2.83. The molecule has 0 fully saturated rings. The molecule has 2 aromatic heterocycles. The summed E-state index contributed by atoms with van der Waals surface area (Å²) in [6.07, 6.45) is 1.82. The average Bonchev–Trinajstić information content (AvgIpc) is 2.95. The summed E-state index contributed by atoms with van der Waals surface area (Å²) in [7, 11) is 1.92. The summed E-state index contributed by atoms with van der Waals surface area (Å²) in [6.45, 7) is 2.07. The molecule has 2 heterocycles. The van der Waals surface area contributed by atoms with E-state index in [2.05, 4.69) is 39.6 Å². The van der Waals surface area contributed by atoms with Crippen LogP contribution in [-0.2, 0) is 0 Å². The van der Waals surface area contributed by atoms with Gasteiger partial charge in [0, 0.05) is 11.6 Å². The molecule has 3 rings (SSSR count). The monoisotopic (exact) mass is 270 g/mol. The molecule has 0 aliphatic rings. The zero-order valence-electron chi connectivity index (χ0n) is 10.8. The molecule has 0 amide bonds. The summed E-state index contributed by atoms with van der Waals surface area (Å²) < 4.78 is 0. The third-order valence-corrected chi connectivity index (χ3v) is 4.23. The largest absolute Gasteiger partial charge is 0.311 e. The lowest BCUT2D eigenvalue weighted by Gasteiger charge is -2.03. The van der Waals surface area contributed by atoms with E-state index in [1.807, 2.05) is 31.4 Å². The Morgan fingerprint density at radius 2 is 2.00 bits per heavy atom. The molecule has 0 aliphatic heterocycles. The van der Waals surface area contributed by atoms with Crippen molar-refractivity contribution in [3.05, 3.63) is 41.5 Å². The van der Waals surface area contributed by atoms with Crippen molar-refractivity contribution in [3.63, 3.8) is 0 Å². The van der Waals surface area contributed by atoms with E-state index in [0.29, 0.717) is 0 Å². The SMILES string of the molecule is CNC(C)c1nnc(-c2nccc3ccccc23)s1. The van der Waals surface area contributed by atoms with Crippen molar-refractivity contribution in [2.75, 3.05) is 7.05 Å². The summed E-state index contributed by atoms with van der Waals surface area (Å²) in [5, 5.41) is 15.8. The topological polar surface area (TPSA) is 50.7 Å². The molecule has 0 saturated heterocycles. The van der Waals surface area contributed by atoms with Crippen LogP contribution in [0, 0.1) is 0 Å². The van der Waals surface area contributed by atoms with Crippen molar-refractivity contribution in [1.82, 2.24) is 20.5 Å². The minimum atomic E-state index is 0.209. The Hall–Kier alpha value is -1.85. The van der Waals surface area contributed by atoms with Gasteiger partial charge in [-0.3, -0.25) is 4.98 Å². The van der Waals surface area contributed by atoms with Crippen LogP contribution in [0.25, 0.3) is 21.5 Å². The molecule has 5 heteroatoms. The van der Waals surface area contributed by atoms with Gasteiger partial charge in [-0.15, -0.1) is 10.2 Å². The van der Waals surface area contributed by atoms with Crippen LogP contribution < -0.4 is 5.32 Å². The van der Waals surface area contributed by atoms with Gasteiger partial charge in [-0.2, -0.15) is 0 Å². The fraction of sp³-hybridized carbons (Fsp3) is 0.214. The number of benzene rings is 1. The Labute approximate surface area is 115 Å². The molecule has 96 valence electrons. The van der Waals surface area contributed by atoms with E-state index in [0.717, 1.165) is 21.1 Å². The first-order valence-corrected chi connectivity index (χ1v) is 6.96. The predicted molar refractivity (Wildman–Crippen MR) is 78.1 cm³/mol. The minimum Gasteiger partial charge on any atom is -0.311 e. The first-order chi connectivity index (χ1) is 9.29. The second kappa shape index (κ2) is 5.03. The van der Waals surface area contributed by atoms with Crippen LogP contribution in [0.5, 0.6) is 0 Å². The van der Waals surface area contributed by atoms with Gasteiger partial charge in [0.1, 0.15) is 10.7 Å². The standard InChI is InChI=1S/C14H14N4S/c1-9(15-2)13-17-18-14(19-13)12-11-6-4-3-5-10(11)7-8-16-12/h3-9,15H,1-2H3. The first kappa shape index (κ1) is 12.2. The van der Waals surface area contributed by atoms with E-state index in [-0.39, 0.29) is 6.04 Å². The zero-order valence-corrected chi connectivity index (χ0v) is 11.6. The van der Waals surface area contributed by atoms with Gasteiger partial charge < -0.3 is 5.32 Å². The maximum Gasteiger partial charge on any atom is 0.166 e. The normalized spacial score (nSPS) is 12.7. The summed E-state index contributed by atoms with van der Waals surface area (Å²) in [6, 6.07) is 10.4. The molecule has 0 spiro atoms. The number of nitrogens with one attached hydrogen (secondary N) is 1. The van der Waals surface area contributed by atoms with Crippen molar-refractivity contribution in [3.8, 4) is 10.7 Å². The van der Waals surface area contributed by atoms with Gasteiger partial charge in [-0.25, -0.2) is 0 Å². The summed E-state index contributed by atoms with van der Waals surface area (Å²) in [5.74, 6) is 0. The van der Waals surface area contributed by atoms with Gasteiger partial charge in [0.05, 0.1) is 6.04 Å². The van der Waals surface area contributed by atoms with Crippen molar-refractivity contribution >= 4 is 22.1 Å². The molecule has 19 heavy (non-hydrogen) atoms. The number of fused-ring (bicyclic) bond motifs is 1. The molecular weight excluding hydrogens is 256 g/mol. The molecule has 4 nitrogen and oxygen atoms in total. The average molecular weight is 270 g/mol. The molecule has 1 N–H and O–H groups in total. The van der Waals surface area contributed by atoms with E-state index in [1.165, 1.54) is 5.39 Å². The third-order valence-electron chi connectivity index (χ3n) is 3.12. The van der Waals surface area contributed by atoms with Gasteiger partial charge >= 0.3 is 0 Å². The number of aromatic nitrogens is 3. The van der Waals surface area contributed by atoms with Crippen LogP contribution in [0.3, 0.4) is 0 Å². The summed E-state index contributed by atoms with van der Waals surface area (Å²) >= 11 is 1.59. The van der Waals surface area contributed by atoms with Crippen LogP contribution in [0.2, 0.25) is 0 Å². The van der Waals surface area contributed by atoms with E-state index in [1.54, 1.807) is 11.3 Å². The smallest absolute Gasteiger partial charge is 0.166 e. The van der Waals surface area contributed by atoms with Crippen LogP contribution in [0.15, 0.2) is 36.5 Å². The van der Waals surface area contributed by atoms with Crippen LogP contribution >= 0.6 is 11.3 Å². The molecule has 0 bridgehead atoms. The lowest BCUT2D eigenvalue weighted by molar-refractivity contribution is 0.640. The molecule has 0 aliphatic carbocycles. The van der Waals surface area contributed by atoms with Gasteiger partial charge in [-0.05, 0) is 25.4 Å². The minimum absolute atomic E-state index is 0.209. The Balaban J connectivity index is 2.12. The molecule has 0 radical (unpaired) electrons. The second-order valence-corrected chi connectivity index (χ2v) is 5.35. The molecule has 1 unspecified atom stereocenters. The van der Waals surface area contributed by atoms with Gasteiger partial charge in [0.25, 0.3) is 0 Å². The Morgan fingerprint density at radius 1 is 1.16 bits per heavy atom. The van der Waals surface area contributed by atoms with Crippen LogP contribution in [-0.4, -0.2) is 22.2 Å². The van der Waals surface area contributed by atoms with Gasteiger partial charge in [-0.1, -0.05) is 35.6 Å². The van der Waals surface area contributed by atoms with Crippen molar-refractivity contribution in [2.24, 2.45) is 0 Å². The van der Waals surface area contributed by atoms with Crippen molar-refractivity contribution < 1.29 is 0 Å². The lowest BCUT2D eigenvalue weighted by Crippen LogP contribution is -2.11. The predicted octanol–water partition coefficient (Wildman–Crippen LogP) is 3.03. The number of rotatable bonds is 3. The van der Waals surface area contributed by atoms with E-state index >= 15 is 0 Å². The summed E-state index contributed by atoms with van der Waals surface area (Å²) in [5.41, 5.74) is 0.908. The highest BCUT2D eigenvalue weighted by Gasteiger charge is 2.14. The molecular formula is C14H14N4S. The van der Waals surface area contributed by atoms with E-state index < -0.39 is 0 Å². The Bertz CT molecular complexity index is 702. The zero-order chi connectivity index (χ0) is 13.2. The molecule has 3 aromatic rings. The highest BCUT2D eigenvalue weighted by atomic mass is 32.1. The number of pyridine rings is 1. The third kappa shape index (κ3) is 2.22. The van der Waals surface area contributed by atoms with E-state index in [9.17, 15) is 0 Å². The van der Waals surface area contributed by atoms with Crippen molar-refractivity contribution in [1.29, 1.82) is 0 Å². The quantitative estimate of drug-likeness (QED) is 0.794. The second-order valence-electron chi connectivity index (χ2n) is 4.34. The fourth-order valence-electron chi connectivity index (χ4n) is 1.92. The Morgan fingerprint density at radius 3 is 2.84 bits per heavy atom. The highest BCUT2D eigenvalue weighted by Crippen LogP contribution is 2.30. The maximum absolute atomic E-state index is 4.46. The lowest BCUT2D eigenvalue weighted by atomic mass is 10.1. The maximum atomic E-state index is 4.46. The Kier molecular flexibility index (Phi) is 3.23. The van der Waals surface area contributed by atoms with Gasteiger partial charge in [0.15, 0.2) is 5.01 Å². The van der Waals surface area contributed by atoms with E-state index in [4.69, 9.17) is 0 Å². The van der Waals surface area contributed by atoms with Crippen LogP contribution in [0.1, 0.15) is 18.0 Å². The first-order valence-electron chi connectivity index (χ1n) is 6.14. The molecule has 0 saturated carbocycles. The number of hydrogen-bond acceptors (Lipinski definition) is 5. The number of hydrogen-bond donors (Lipinski definition) is 1.